The van der Waals surface area contributed by atoms with Crippen LogP contribution in [-0.4, -0.2) is 53.4 Å². The van der Waals surface area contributed by atoms with Crippen LogP contribution in [-0.2, 0) is 25.7 Å². The molecule has 4 N–H and O–H groups in total. The van der Waals surface area contributed by atoms with E-state index in [0.717, 1.165) is 23.1 Å². The fourth-order valence-corrected chi connectivity index (χ4v) is 6.13. The van der Waals surface area contributed by atoms with Gasteiger partial charge in [-0.25, -0.2) is 0 Å². The van der Waals surface area contributed by atoms with E-state index in [4.69, 9.17) is 10.5 Å². The third-order valence-corrected chi connectivity index (χ3v) is 8.44. The molecule has 2 saturated heterocycles. The maximum atomic E-state index is 14.1. The molecule has 0 aromatic heterocycles. The lowest BCUT2D eigenvalue weighted by Gasteiger charge is -2.42. The molecule has 0 aliphatic carbocycles. The molecule has 3 amide bonds. The molecule has 0 saturated carbocycles. The number of benzene rings is 3. The Morgan fingerprint density at radius 2 is 1.52 bits per heavy atom. The van der Waals surface area contributed by atoms with Crippen LogP contribution in [0.25, 0.3) is 0 Å². The van der Waals surface area contributed by atoms with Gasteiger partial charge < -0.3 is 26.0 Å². The minimum Gasteiger partial charge on any atom is -0.376 e. The molecule has 2 heterocycles. The third-order valence-electron chi connectivity index (χ3n) is 8.44. The van der Waals surface area contributed by atoms with E-state index in [2.05, 4.69) is 10.6 Å². The van der Waals surface area contributed by atoms with Crippen molar-refractivity contribution in [1.29, 1.82) is 0 Å². The fraction of sp³-hybridized carbons (Fsp3) is 0.382. The Hall–Kier alpha value is -4.01. The van der Waals surface area contributed by atoms with Crippen LogP contribution in [0.5, 0.6) is 0 Å². The summed E-state index contributed by atoms with van der Waals surface area (Å²) in [6, 6.07) is 26.9. The SMILES string of the molecule is CC[C@H](N)C(=O)N[C@@H]1C(=O)N2C(CC[C@H]2C(=O)NC(c2ccccc2)c2ccccc2)C[C@@H]1COCc1ccccc1. The number of fused-ring (bicyclic) bond motifs is 1. The molecule has 8 nitrogen and oxygen atoms in total. The highest BCUT2D eigenvalue weighted by Crippen LogP contribution is 2.36. The van der Waals surface area contributed by atoms with Crippen LogP contribution in [0, 0.1) is 5.92 Å². The van der Waals surface area contributed by atoms with Gasteiger partial charge in [-0.1, -0.05) is 97.9 Å². The molecule has 0 spiro atoms. The van der Waals surface area contributed by atoms with Gasteiger partial charge in [0.1, 0.15) is 12.1 Å². The number of carbonyl (C=O) groups excluding carboxylic acids is 3. The number of amides is 3. The van der Waals surface area contributed by atoms with Gasteiger partial charge in [0.25, 0.3) is 0 Å². The number of nitrogens with two attached hydrogens (primary N) is 1. The highest BCUT2D eigenvalue weighted by Gasteiger charge is 2.50. The number of carbonyl (C=O) groups is 3. The first-order valence-electron chi connectivity index (χ1n) is 14.9. The van der Waals surface area contributed by atoms with Crippen LogP contribution in [0.3, 0.4) is 0 Å². The number of nitrogens with one attached hydrogen (secondary N) is 2. The first kappa shape index (κ1) is 29.5. The topological polar surface area (TPSA) is 114 Å². The van der Waals surface area contributed by atoms with Crippen molar-refractivity contribution < 1.29 is 19.1 Å². The summed E-state index contributed by atoms with van der Waals surface area (Å²) in [5, 5.41) is 6.14. The summed E-state index contributed by atoms with van der Waals surface area (Å²) in [4.78, 5) is 42.5. The van der Waals surface area contributed by atoms with Gasteiger partial charge in [0.05, 0.1) is 25.3 Å². The Morgan fingerprint density at radius 1 is 0.929 bits per heavy atom. The molecule has 8 heteroatoms. The highest BCUT2D eigenvalue weighted by molar-refractivity contribution is 5.94. The van der Waals surface area contributed by atoms with Crippen molar-refractivity contribution in [2.24, 2.45) is 11.7 Å². The molecule has 42 heavy (non-hydrogen) atoms. The first-order valence-corrected chi connectivity index (χ1v) is 14.9. The van der Waals surface area contributed by atoms with Gasteiger partial charge in [0.15, 0.2) is 0 Å². The zero-order valence-electron chi connectivity index (χ0n) is 24.0. The minimum atomic E-state index is -0.811. The summed E-state index contributed by atoms with van der Waals surface area (Å²) in [5.74, 6) is -1.03. The Morgan fingerprint density at radius 3 is 2.12 bits per heavy atom. The summed E-state index contributed by atoms with van der Waals surface area (Å²) >= 11 is 0. The number of piperidine rings is 1. The van der Waals surface area contributed by atoms with E-state index in [-0.39, 0.29) is 35.7 Å². The summed E-state index contributed by atoms with van der Waals surface area (Å²) in [5.41, 5.74) is 8.98. The molecule has 0 bridgehead atoms. The van der Waals surface area contributed by atoms with E-state index in [1.54, 1.807) is 4.90 Å². The summed E-state index contributed by atoms with van der Waals surface area (Å²) in [6.45, 7) is 2.57. The zero-order chi connectivity index (χ0) is 29.5. The fourth-order valence-electron chi connectivity index (χ4n) is 6.13. The number of hydrogen-bond acceptors (Lipinski definition) is 5. The normalized spacial score (nSPS) is 22.5. The molecule has 1 unspecified atom stereocenters. The summed E-state index contributed by atoms with van der Waals surface area (Å²) in [7, 11) is 0. The molecule has 3 aromatic carbocycles. The molecular formula is C34H40N4O4. The molecule has 2 aliphatic rings. The van der Waals surface area contributed by atoms with Crippen LogP contribution in [0.4, 0.5) is 0 Å². The predicted molar refractivity (Wildman–Crippen MR) is 161 cm³/mol. The second-order valence-corrected chi connectivity index (χ2v) is 11.3. The van der Waals surface area contributed by atoms with Gasteiger partial charge in [-0.3, -0.25) is 14.4 Å². The van der Waals surface area contributed by atoms with E-state index in [0.29, 0.717) is 32.5 Å². The van der Waals surface area contributed by atoms with E-state index < -0.39 is 18.1 Å². The molecule has 5 rings (SSSR count). The van der Waals surface area contributed by atoms with Crippen molar-refractivity contribution >= 4 is 17.7 Å². The van der Waals surface area contributed by atoms with Gasteiger partial charge in [-0.2, -0.15) is 0 Å². The van der Waals surface area contributed by atoms with Gasteiger partial charge in [0.2, 0.25) is 17.7 Å². The van der Waals surface area contributed by atoms with Crippen molar-refractivity contribution in [3.8, 4) is 0 Å². The standard InChI is InChI=1S/C34H40N4O4/c1-2-28(35)32(39)37-31-26(22-42-21-23-12-6-3-7-13-23)20-27-18-19-29(38(27)34(31)41)33(40)36-30(24-14-8-4-9-15-24)25-16-10-5-11-17-25/h3-17,26-31H,2,18-22,35H2,1H3,(H,36,40)(H,37,39)/t26-,27?,28+,29+,31+/m1/s1. The number of ether oxygens (including phenoxy) is 1. The maximum Gasteiger partial charge on any atom is 0.246 e. The number of hydrogen-bond donors (Lipinski definition) is 3. The number of nitrogens with zero attached hydrogens (tertiary/aromatic N) is 1. The van der Waals surface area contributed by atoms with Crippen molar-refractivity contribution in [1.82, 2.24) is 15.5 Å². The van der Waals surface area contributed by atoms with Crippen LogP contribution in [0.15, 0.2) is 91.0 Å². The quantitative estimate of drug-likeness (QED) is 0.326. The lowest BCUT2D eigenvalue weighted by atomic mass is 9.86. The van der Waals surface area contributed by atoms with Gasteiger partial charge in [-0.15, -0.1) is 0 Å². The Bertz CT molecular complexity index is 1300. The smallest absolute Gasteiger partial charge is 0.246 e. The van der Waals surface area contributed by atoms with E-state index >= 15 is 0 Å². The lowest BCUT2D eigenvalue weighted by molar-refractivity contribution is -0.150. The van der Waals surface area contributed by atoms with Crippen molar-refractivity contribution in [3.63, 3.8) is 0 Å². The van der Waals surface area contributed by atoms with Gasteiger partial charge in [-0.05, 0) is 42.4 Å². The predicted octanol–water partition coefficient (Wildman–Crippen LogP) is 3.71. The summed E-state index contributed by atoms with van der Waals surface area (Å²) in [6.07, 6.45) is 2.37. The molecular weight excluding hydrogens is 528 g/mol. The van der Waals surface area contributed by atoms with Gasteiger partial charge >= 0.3 is 0 Å². The molecule has 3 aromatic rings. The summed E-state index contributed by atoms with van der Waals surface area (Å²) < 4.78 is 6.05. The maximum absolute atomic E-state index is 14.1. The van der Waals surface area contributed by atoms with E-state index in [1.165, 1.54) is 0 Å². The molecule has 5 atom stereocenters. The Kier molecular flexibility index (Phi) is 9.66. The molecule has 0 radical (unpaired) electrons. The highest BCUT2D eigenvalue weighted by atomic mass is 16.5. The molecule has 2 aliphatic heterocycles. The van der Waals surface area contributed by atoms with Crippen molar-refractivity contribution in [2.45, 2.75) is 69.4 Å². The van der Waals surface area contributed by atoms with Crippen molar-refractivity contribution in [3.05, 3.63) is 108 Å². The third kappa shape index (κ3) is 6.72. The monoisotopic (exact) mass is 568 g/mol. The zero-order valence-corrected chi connectivity index (χ0v) is 24.0. The first-order chi connectivity index (χ1) is 20.5. The van der Waals surface area contributed by atoms with Crippen LogP contribution >= 0.6 is 0 Å². The minimum absolute atomic E-state index is 0.0986. The van der Waals surface area contributed by atoms with Crippen LogP contribution in [0.1, 0.15) is 55.3 Å². The average molecular weight is 569 g/mol. The van der Waals surface area contributed by atoms with Crippen molar-refractivity contribution in [2.75, 3.05) is 6.61 Å². The van der Waals surface area contributed by atoms with E-state index in [9.17, 15) is 14.4 Å². The second kappa shape index (κ2) is 13.8. The Balaban J connectivity index is 1.33. The van der Waals surface area contributed by atoms with Crippen LogP contribution in [0.2, 0.25) is 0 Å². The largest absolute Gasteiger partial charge is 0.376 e. The molecule has 220 valence electrons. The molecule has 2 fully saturated rings. The Labute approximate surface area is 247 Å². The second-order valence-electron chi connectivity index (χ2n) is 11.3. The average Bonchev–Trinajstić information content (AvgIpc) is 3.46. The van der Waals surface area contributed by atoms with E-state index in [1.807, 2.05) is 97.9 Å². The van der Waals surface area contributed by atoms with Crippen LogP contribution < -0.4 is 16.4 Å². The lowest BCUT2D eigenvalue weighted by Crippen LogP contribution is -2.63. The van der Waals surface area contributed by atoms with Gasteiger partial charge in [0, 0.05) is 12.0 Å². The number of rotatable bonds is 11.